The van der Waals surface area contributed by atoms with Crippen molar-refractivity contribution in [3.05, 3.63) is 75.5 Å². The second kappa shape index (κ2) is 7.08. The van der Waals surface area contributed by atoms with Gasteiger partial charge in [-0.15, -0.1) is 0 Å². The number of fused-ring (bicyclic) bond motifs is 1. The molecule has 132 valence electrons. The number of Topliss-reactive ketones (excluding diaryl/α,β-unsaturated/α-hetero) is 2. The van der Waals surface area contributed by atoms with Gasteiger partial charge in [0.15, 0.2) is 0 Å². The van der Waals surface area contributed by atoms with E-state index >= 15 is 0 Å². The summed E-state index contributed by atoms with van der Waals surface area (Å²) in [6.07, 6.45) is 3.24. The number of benzene rings is 2. The zero-order valence-corrected chi connectivity index (χ0v) is 15.9. The molecule has 2 aromatic carbocycles. The molecule has 0 radical (unpaired) electrons. The molecule has 0 bridgehead atoms. The van der Waals surface area contributed by atoms with E-state index in [4.69, 9.17) is 0 Å². The van der Waals surface area contributed by atoms with Crippen LogP contribution in [0.15, 0.2) is 64.4 Å². The lowest BCUT2D eigenvalue weighted by Gasteiger charge is -2.34. The van der Waals surface area contributed by atoms with Gasteiger partial charge in [-0.3, -0.25) is 9.59 Å². The lowest BCUT2D eigenvalue weighted by atomic mass is 9.89. The molecule has 4 rings (SSSR count). The molecule has 0 spiro atoms. The van der Waals surface area contributed by atoms with Crippen LogP contribution >= 0.6 is 15.9 Å². The molecule has 1 fully saturated rings. The number of anilines is 1. The number of hydrogen-bond donors (Lipinski definition) is 1. The van der Waals surface area contributed by atoms with E-state index in [0.717, 1.165) is 42.5 Å². The highest BCUT2D eigenvalue weighted by molar-refractivity contribution is 9.10. The molecular formula is C21H19BrN2O2. The van der Waals surface area contributed by atoms with Crippen molar-refractivity contribution in [3.8, 4) is 0 Å². The molecule has 0 aromatic heterocycles. The lowest BCUT2D eigenvalue weighted by molar-refractivity contribution is 0.0935. The van der Waals surface area contributed by atoms with Crippen molar-refractivity contribution in [3.63, 3.8) is 0 Å². The molecule has 1 N–H and O–H groups in total. The third kappa shape index (κ3) is 3.07. The van der Waals surface area contributed by atoms with Crippen LogP contribution in [-0.4, -0.2) is 29.6 Å². The van der Waals surface area contributed by atoms with Gasteiger partial charge in [-0.25, -0.2) is 0 Å². The Labute approximate surface area is 161 Å². The van der Waals surface area contributed by atoms with Gasteiger partial charge in [0, 0.05) is 34.4 Å². The van der Waals surface area contributed by atoms with Crippen LogP contribution in [-0.2, 0) is 0 Å². The van der Waals surface area contributed by atoms with E-state index in [2.05, 4.69) is 26.1 Å². The quantitative estimate of drug-likeness (QED) is 0.800. The van der Waals surface area contributed by atoms with E-state index in [0.29, 0.717) is 22.5 Å². The first kappa shape index (κ1) is 17.0. The number of carbonyl (C=O) groups is 2. The third-order valence-electron chi connectivity index (χ3n) is 4.88. The molecule has 26 heavy (non-hydrogen) atoms. The van der Waals surface area contributed by atoms with Crippen LogP contribution in [0, 0.1) is 0 Å². The smallest absolute Gasteiger partial charge is 0.212 e. The van der Waals surface area contributed by atoms with Crippen LogP contribution in [0.1, 0.15) is 40.0 Å². The van der Waals surface area contributed by atoms with Gasteiger partial charge in [0.1, 0.15) is 11.4 Å². The third-order valence-corrected chi connectivity index (χ3v) is 5.41. The van der Waals surface area contributed by atoms with Gasteiger partial charge >= 0.3 is 0 Å². The highest BCUT2D eigenvalue weighted by Crippen LogP contribution is 2.31. The van der Waals surface area contributed by atoms with Gasteiger partial charge in [0.25, 0.3) is 0 Å². The normalized spacial score (nSPS) is 17.3. The zero-order valence-electron chi connectivity index (χ0n) is 14.3. The maximum atomic E-state index is 13.2. The van der Waals surface area contributed by atoms with Gasteiger partial charge in [-0.1, -0.05) is 40.2 Å². The number of nitrogens with zero attached hydrogens (tertiary/aromatic N) is 1. The number of likely N-dealkylation sites (tertiary alicyclic amines) is 1. The molecule has 0 saturated carbocycles. The summed E-state index contributed by atoms with van der Waals surface area (Å²) < 4.78 is 0.963. The second-order valence-corrected chi connectivity index (χ2v) is 7.52. The topological polar surface area (TPSA) is 49.4 Å². The molecule has 1 aliphatic carbocycles. The van der Waals surface area contributed by atoms with E-state index in [1.165, 1.54) is 0 Å². The summed E-state index contributed by atoms with van der Waals surface area (Å²) in [5.74, 6) is -0.189. The van der Waals surface area contributed by atoms with Crippen molar-refractivity contribution in [2.24, 2.45) is 0 Å². The Morgan fingerprint density at radius 1 is 0.808 bits per heavy atom. The Kier molecular flexibility index (Phi) is 4.64. The highest BCUT2D eigenvalue weighted by Gasteiger charge is 2.35. The van der Waals surface area contributed by atoms with Gasteiger partial charge in [0.05, 0.1) is 0 Å². The Bertz CT molecular complexity index is 896. The average Bonchev–Trinajstić information content (AvgIpc) is 2.68. The predicted molar refractivity (Wildman–Crippen MR) is 105 cm³/mol. The zero-order chi connectivity index (χ0) is 18.1. The Morgan fingerprint density at radius 3 is 2.08 bits per heavy atom. The molecule has 0 unspecified atom stereocenters. The van der Waals surface area contributed by atoms with Gasteiger partial charge in [-0.05, 0) is 43.5 Å². The summed E-state index contributed by atoms with van der Waals surface area (Å²) in [4.78, 5) is 28.5. The predicted octanol–water partition coefficient (Wildman–Crippen LogP) is 4.64. The van der Waals surface area contributed by atoms with Crippen LogP contribution in [0.2, 0.25) is 0 Å². The molecule has 2 aliphatic rings. The fourth-order valence-corrected chi connectivity index (χ4v) is 3.84. The second-order valence-electron chi connectivity index (χ2n) is 6.61. The maximum Gasteiger partial charge on any atom is 0.212 e. The first-order valence-electron chi connectivity index (χ1n) is 8.85. The van der Waals surface area contributed by atoms with Crippen LogP contribution in [0.3, 0.4) is 0 Å². The number of nitrogens with one attached hydrogen (secondary N) is 1. The first-order chi connectivity index (χ1) is 12.6. The molecule has 0 amide bonds. The van der Waals surface area contributed by atoms with E-state index in [-0.39, 0.29) is 11.6 Å². The van der Waals surface area contributed by atoms with E-state index in [9.17, 15) is 9.59 Å². The van der Waals surface area contributed by atoms with Gasteiger partial charge < -0.3 is 10.2 Å². The van der Waals surface area contributed by atoms with Crippen LogP contribution in [0.4, 0.5) is 5.69 Å². The van der Waals surface area contributed by atoms with E-state index in [1.54, 1.807) is 18.2 Å². The van der Waals surface area contributed by atoms with Crippen molar-refractivity contribution in [1.82, 2.24) is 4.90 Å². The summed E-state index contributed by atoms with van der Waals surface area (Å²) in [6, 6.07) is 14.7. The molecule has 2 aromatic rings. The van der Waals surface area contributed by atoms with Crippen molar-refractivity contribution in [2.45, 2.75) is 19.3 Å². The SMILES string of the molecule is O=C1C(Nc2ccc(Br)cc2)=C(N2CCCCC2)C(=O)c2ccccc21. The molecule has 4 nitrogen and oxygen atoms in total. The van der Waals surface area contributed by atoms with Gasteiger partial charge in [-0.2, -0.15) is 0 Å². The molecule has 1 saturated heterocycles. The minimum Gasteiger partial charge on any atom is -0.367 e. The molecule has 0 atom stereocenters. The monoisotopic (exact) mass is 410 g/mol. The first-order valence-corrected chi connectivity index (χ1v) is 9.65. The minimum atomic E-state index is -0.122. The Morgan fingerprint density at radius 2 is 1.42 bits per heavy atom. The van der Waals surface area contributed by atoms with Crippen LogP contribution in [0.5, 0.6) is 0 Å². The van der Waals surface area contributed by atoms with Crippen molar-refractivity contribution < 1.29 is 9.59 Å². The Hall–Kier alpha value is -2.40. The van der Waals surface area contributed by atoms with Crippen LogP contribution in [0.25, 0.3) is 0 Å². The van der Waals surface area contributed by atoms with Crippen molar-refractivity contribution >= 4 is 33.2 Å². The summed E-state index contributed by atoms with van der Waals surface area (Å²) in [6.45, 7) is 1.62. The van der Waals surface area contributed by atoms with Crippen molar-refractivity contribution in [1.29, 1.82) is 0 Å². The summed E-state index contributed by atoms with van der Waals surface area (Å²) >= 11 is 3.42. The number of rotatable bonds is 3. The fraction of sp³-hybridized carbons (Fsp3) is 0.238. The largest absolute Gasteiger partial charge is 0.367 e. The molecule has 5 heteroatoms. The maximum absolute atomic E-state index is 13.2. The van der Waals surface area contributed by atoms with E-state index in [1.807, 2.05) is 30.3 Å². The van der Waals surface area contributed by atoms with Crippen molar-refractivity contribution in [2.75, 3.05) is 18.4 Å². The summed E-state index contributed by atoms with van der Waals surface area (Å²) in [7, 11) is 0. The highest BCUT2D eigenvalue weighted by atomic mass is 79.9. The standard InChI is InChI=1S/C21H19BrN2O2/c22-14-8-10-15(11-9-14)23-18-19(24-12-4-1-5-13-24)21(26)17-7-3-2-6-16(17)20(18)25/h2-3,6-11,23H,1,4-5,12-13H2. The number of allylic oxidation sites excluding steroid dienone is 2. The molecule has 1 aliphatic heterocycles. The Balaban J connectivity index is 1.81. The minimum absolute atomic E-state index is 0.0679. The molecular weight excluding hydrogens is 392 g/mol. The number of carbonyl (C=O) groups excluding carboxylic acids is 2. The van der Waals surface area contributed by atoms with E-state index < -0.39 is 0 Å². The number of ketones is 2. The van der Waals surface area contributed by atoms with Gasteiger partial charge in [0.2, 0.25) is 11.6 Å². The number of halogens is 1. The summed E-state index contributed by atoms with van der Waals surface area (Å²) in [5.41, 5.74) is 2.66. The number of hydrogen-bond acceptors (Lipinski definition) is 4. The average molecular weight is 411 g/mol. The lowest BCUT2D eigenvalue weighted by Crippen LogP contribution is -2.39. The fourth-order valence-electron chi connectivity index (χ4n) is 3.58. The van der Waals surface area contributed by atoms with Crippen LogP contribution < -0.4 is 5.32 Å². The molecule has 1 heterocycles. The number of piperidine rings is 1. The summed E-state index contributed by atoms with van der Waals surface area (Å²) in [5, 5.41) is 3.22.